The fourth-order valence-corrected chi connectivity index (χ4v) is 2.35. The van der Waals surface area contributed by atoms with E-state index in [0.717, 1.165) is 5.56 Å². The number of aryl methyl sites for hydroxylation is 1. The Balaban J connectivity index is 2.12. The van der Waals surface area contributed by atoms with Crippen molar-refractivity contribution in [3.8, 4) is 0 Å². The predicted molar refractivity (Wildman–Crippen MR) is 70.8 cm³/mol. The SMILES string of the molecule is Cc1oc(C(=O)O)cc1CSc1nc(N)cc(N)n1. The summed E-state index contributed by atoms with van der Waals surface area (Å²) in [4.78, 5) is 18.8. The van der Waals surface area contributed by atoms with Gasteiger partial charge in [-0.05, 0) is 13.0 Å². The van der Waals surface area contributed by atoms with Crippen LogP contribution in [0.25, 0.3) is 0 Å². The number of rotatable bonds is 4. The molecule has 2 aromatic heterocycles. The summed E-state index contributed by atoms with van der Waals surface area (Å²) < 4.78 is 5.11. The van der Waals surface area contributed by atoms with E-state index in [1.165, 1.54) is 23.9 Å². The van der Waals surface area contributed by atoms with Crippen molar-refractivity contribution in [3.05, 3.63) is 29.2 Å². The van der Waals surface area contributed by atoms with Crippen molar-refractivity contribution in [1.29, 1.82) is 0 Å². The molecule has 19 heavy (non-hydrogen) atoms. The average Bonchev–Trinajstić information content (AvgIpc) is 2.67. The lowest BCUT2D eigenvalue weighted by molar-refractivity contribution is 0.0661. The van der Waals surface area contributed by atoms with Gasteiger partial charge in [0.2, 0.25) is 5.76 Å². The van der Waals surface area contributed by atoms with E-state index in [9.17, 15) is 4.79 Å². The monoisotopic (exact) mass is 280 g/mol. The molecule has 0 aliphatic rings. The molecule has 8 heteroatoms. The molecule has 2 aromatic rings. The molecule has 0 atom stereocenters. The van der Waals surface area contributed by atoms with Crippen molar-refractivity contribution < 1.29 is 14.3 Å². The second kappa shape index (κ2) is 5.19. The molecule has 100 valence electrons. The first kappa shape index (κ1) is 13.2. The quantitative estimate of drug-likeness (QED) is 0.568. The van der Waals surface area contributed by atoms with Crippen LogP contribution in [-0.2, 0) is 5.75 Å². The predicted octanol–water partition coefficient (Wildman–Crippen LogP) is 1.53. The Morgan fingerprint density at radius 3 is 2.53 bits per heavy atom. The Morgan fingerprint density at radius 1 is 1.37 bits per heavy atom. The maximum absolute atomic E-state index is 10.8. The van der Waals surface area contributed by atoms with E-state index in [0.29, 0.717) is 28.3 Å². The molecule has 0 spiro atoms. The number of carboxylic acids is 1. The van der Waals surface area contributed by atoms with Gasteiger partial charge < -0.3 is 21.0 Å². The molecule has 0 amide bonds. The lowest BCUT2D eigenvalue weighted by Gasteiger charge is -2.01. The van der Waals surface area contributed by atoms with E-state index < -0.39 is 5.97 Å². The summed E-state index contributed by atoms with van der Waals surface area (Å²) in [5.41, 5.74) is 11.9. The average molecular weight is 280 g/mol. The molecule has 0 bridgehead atoms. The van der Waals surface area contributed by atoms with Gasteiger partial charge in [-0.15, -0.1) is 0 Å². The van der Waals surface area contributed by atoms with Gasteiger partial charge in [-0.25, -0.2) is 14.8 Å². The number of hydrogen-bond acceptors (Lipinski definition) is 7. The highest BCUT2D eigenvalue weighted by Gasteiger charge is 2.13. The maximum atomic E-state index is 10.8. The summed E-state index contributed by atoms with van der Waals surface area (Å²) >= 11 is 1.31. The van der Waals surface area contributed by atoms with Gasteiger partial charge in [0.1, 0.15) is 17.4 Å². The van der Waals surface area contributed by atoms with Crippen LogP contribution >= 0.6 is 11.8 Å². The topological polar surface area (TPSA) is 128 Å². The van der Waals surface area contributed by atoms with Gasteiger partial charge in [-0.2, -0.15) is 0 Å². The first-order chi connectivity index (χ1) is 8.95. The molecule has 2 rings (SSSR count). The fraction of sp³-hybridized carbons (Fsp3) is 0.182. The molecule has 7 nitrogen and oxygen atoms in total. The number of aromatic nitrogens is 2. The summed E-state index contributed by atoms with van der Waals surface area (Å²) in [7, 11) is 0. The molecule has 0 aromatic carbocycles. The van der Waals surface area contributed by atoms with Gasteiger partial charge in [0.25, 0.3) is 0 Å². The highest BCUT2D eigenvalue weighted by Crippen LogP contribution is 2.25. The summed E-state index contributed by atoms with van der Waals surface area (Å²) in [5.74, 6) is 0.452. The number of furan rings is 1. The van der Waals surface area contributed by atoms with Crippen LogP contribution in [0.3, 0.4) is 0 Å². The molecule has 0 saturated carbocycles. The van der Waals surface area contributed by atoms with Crippen LogP contribution in [0.5, 0.6) is 0 Å². The molecule has 0 aliphatic heterocycles. The summed E-state index contributed by atoms with van der Waals surface area (Å²) in [6.45, 7) is 1.71. The lowest BCUT2D eigenvalue weighted by Crippen LogP contribution is -1.99. The zero-order valence-corrected chi connectivity index (χ0v) is 10.9. The number of carboxylic acid groups (broad SMARTS) is 1. The van der Waals surface area contributed by atoms with Crippen molar-refractivity contribution in [3.63, 3.8) is 0 Å². The number of hydrogen-bond donors (Lipinski definition) is 3. The third-order valence-corrected chi connectivity index (χ3v) is 3.23. The minimum atomic E-state index is -1.09. The standard InChI is InChI=1S/C11H12N4O3S/c1-5-6(2-7(18-5)10(16)17)4-19-11-14-8(12)3-9(13)15-11/h2-3H,4H2,1H3,(H,16,17)(H4,12,13,14,15). The van der Waals surface area contributed by atoms with E-state index in [1.807, 2.05) is 0 Å². The van der Waals surface area contributed by atoms with Crippen LogP contribution in [-0.4, -0.2) is 21.0 Å². The number of carbonyl (C=O) groups is 1. The van der Waals surface area contributed by atoms with E-state index >= 15 is 0 Å². The van der Waals surface area contributed by atoms with Crippen molar-refractivity contribution in [2.75, 3.05) is 11.5 Å². The number of thioether (sulfide) groups is 1. The first-order valence-electron chi connectivity index (χ1n) is 5.31. The summed E-state index contributed by atoms with van der Waals surface area (Å²) in [6, 6.07) is 2.95. The van der Waals surface area contributed by atoms with Gasteiger partial charge >= 0.3 is 5.97 Å². The van der Waals surface area contributed by atoms with Crippen LogP contribution in [0.1, 0.15) is 21.9 Å². The number of nitrogen functional groups attached to an aromatic ring is 2. The smallest absolute Gasteiger partial charge is 0.371 e. The zero-order valence-electron chi connectivity index (χ0n) is 10.1. The largest absolute Gasteiger partial charge is 0.475 e. The van der Waals surface area contributed by atoms with Gasteiger partial charge in [0.15, 0.2) is 5.16 Å². The van der Waals surface area contributed by atoms with Crippen molar-refractivity contribution in [2.24, 2.45) is 0 Å². The first-order valence-corrected chi connectivity index (χ1v) is 6.29. The second-order valence-corrected chi connectivity index (χ2v) is 4.73. The van der Waals surface area contributed by atoms with E-state index in [1.54, 1.807) is 6.92 Å². The minimum Gasteiger partial charge on any atom is -0.475 e. The van der Waals surface area contributed by atoms with E-state index in [-0.39, 0.29) is 5.76 Å². The Hall–Kier alpha value is -2.22. The highest BCUT2D eigenvalue weighted by molar-refractivity contribution is 7.98. The molecule has 0 aliphatic carbocycles. The molecule has 0 fully saturated rings. The van der Waals surface area contributed by atoms with Gasteiger partial charge in [-0.3, -0.25) is 0 Å². The van der Waals surface area contributed by atoms with Crippen molar-refractivity contribution in [2.45, 2.75) is 17.8 Å². The van der Waals surface area contributed by atoms with Crippen molar-refractivity contribution >= 4 is 29.4 Å². The van der Waals surface area contributed by atoms with Crippen LogP contribution < -0.4 is 11.5 Å². The Labute approximate surface area is 113 Å². The maximum Gasteiger partial charge on any atom is 0.371 e. The number of nitrogens with zero attached hydrogens (tertiary/aromatic N) is 2. The molecule has 2 heterocycles. The summed E-state index contributed by atoms with van der Waals surface area (Å²) in [6.07, 6.45) is 0. The Bertz CT molecular complexity index is 606. The minimum absolute atomic E-state index is 0.0823. The van der Waals surface area contributed by atoms with Gasteiger partial charge in [-0.1, -0.05) is 11.8 Å². The third-order valence-electron chi connectivity index (χ3n) is 2.33. The second-order valence-electron chi connectivity index (χ2n) is 3.79. The van der Waals surface area contributed by atoms with Crippen molar-refractivity contribution in [1.82, 2.24) is 9.97 Å². The third kappa shape index (κ3) is 3.16. The van der Waals surface area contributed by atoms with Gasteiger partial charge in [0, 0.05) is 17.4 Å². The number of aromatic carboxylic acids is 1. The normalized spacial score (nSPS) is 10.6. The number of nitrogens with two attached hydrogens (primary N) is 2. The Kier molecular flexibility index (Phi) is 3.61. The molecular weight excluding hydrogens is 268 g/mol. The van der Waals surface area contributed by atoms with Crippen LogP contribution in [0, 0.1) is 6.92 Å². The van der Waals surface area contributed by atoms with Crippen LogP contribution in [0.15, 0.2) is 21.7 Å². The van der Waals surface area contributed by atoms with E-state index in [4.69, 9.17) is 21.0 Å². The zero-order chi connectivity index (χ0) is 14.0. The number of anilines is 2. The molecular formula is C11H12N4O3S. The van der Waals surface area contributed by atoms with Crippen LogP contribution in [0.4, 0.5) is 11.6 Å². The fourth-order valence-electron chi connectivity index (χ4n) is 1.44. The summed E-state index contributed by atoms with van der Waals surface area (Å²) in [5, 5.41) is 9.26. The Morgan fingerprint density at radius 2 is 2.00 bits per heavy atom. The molecule has 5 N–H and O–H groups in total. The lowest BCUT2D eigenvalue weighted by atomic mass is 10.3. The molecule has 0 radical (unpaired) electrons. The van der Waals surface area contributed by atoms with Gasteiger partial charge in [0.05, 0.1) is 0 Å². The highest BCUT2D eigenvalue weighted by atomic mass is 32.2. The molecule has 0 unspecified atom stereocenters. The molecule has 0 saturated heterocycles. The van der Waals surface area contributed by atoms with E-state index in [2.05, 4.69) is 9.97 Å². The van der Waals surface area contributed by atoms with Crippen LogP contribution in [0.2, 0.25) is 0 Å².